The lowest BCUT2D eigenvalue weighted by molar-refractivity contribution is -0.384. The molecule has 0 aliphatic carbocycles. The highest BCUT2D eigenvalue weighted by molar-refractivity contribution is 5.59. The van der Waals surface area contributed by atoms with Crippen molar-refractivity contribution in [2.24, 2.45) is 5.73 Å². The van der Waals surface area contributed by atoms with Crippen molar-refractivity contribution in [1.29, 1.82) is 0 Å². The zero-order valence-electron chi connectivity index (χ0n) is 11.4. The predicted molar refractivity (Wildman–Crippen MR) is 70.7 cm³/mol. The van der Waals surface area contributed by atoms with E-state index >= 15 is 0 Å². The van der Waals surface area contributed by atoms with Crippen LogP contribution in [-0.2, 0) is 6.54 Å². The fourth-order valence-corrected chi connectivity index (χ4v) is 1.65. The van der Waals surface area contributed by atoms with Gasteiger partial charge in [0.05, 0.1) is 4.92 Å². The lowest BCUT2D eigenvalue weighted by Gasteiger charge is -2.19. The van der Waals surface area contributed by atoms with E-state index in [4.69, 9.17) is 5.73 Å². The first kappa shape index (κ1) is 14.4. The maximum Gasteiger partial charge on any atom is 0.333 e. The average molecular weight is 255 g/mol. The van der Waals surface area contributed by atoms with Crippen molar-refractivity contribution in [2.75, 3.05) is 11.9 Å². The van der Waals surface area contributed by atoms with E-state index in [1.54, 1.807) is 11.6 Å². The summed E-state index contributed by atoms with van der Waals surface area (Å²) in [6, 6.07) is 0. The van der Waals surface area contributed by atoms with E-state index in [0.717, 1.165) is 6.42 Å². The number of nitrogens with two attached hydrogens (primary N) is 1. The minimum Gasteiger partial charge on any atom is -0.363 e. The maximum absolute atomic E-state index is 11.1. The fourth-order valence-electron chi connectivity index (χ4n) is 1.65. The molecule has 7 heteroatoms. The summed E-state index contributed by atoms with van der Waals surface area (Å²) in [7, 11) is 0. The molecule has 3 N–H and O–H groups in total. The van der Waals surface area contributed by atoms with Crippen LogP contribution in [0.4, 0.5) is 11.5 Å². The van der Waals surface area contributed by atoms with Gasteiger partial charge in [0.25, 0.3) is 0 Å². The molecule has 1 heterocycles. The van der Waals surface area contributed by atoms with Gasteiger partial charge in [0, 0.05) is 18.6 Å². The van der Waals surface area contributed by atoms with E-state index in [2.05, 4.69) is 10.4 Å². The normalized spacial score (nSPS) is 11.6. The standard InChI is InChI=1S/C11H21N5O2/c1-5-6-15-10(13-7-11(3,4)12)9(16(17)18)8(2)14-15/h13H,5-7,12H2,1-4H3. The highest BCUT2D eigenvalue weighted by atomic mass is 16.6. The van der Waals surface area contributed by atoms with Crippen molar-refractivity contribution in [2.45, 2.75) is 46.2 Å². The number of nitro groups is 1. The summed E-state index contributed by atoms with van der Waals surface area (Å²) in [5.74, 6) is 0.442. The number of aryl methyl sites for hydroxylation is 2. The number of hydrogen-bond donors (Lipinski definition) is 2. The Kier molecular flexibility index (Phi) is 4.28. The second kappa shape index (κ2) is 5.34. The van der Waals surface area contributed by atoms with Gasteiger partial charge in [0.2, 0.25) is 5.82 Å². The van der Waals surface area contributed by atoms with Crippen LogP contribution in [0.3, 0.4) is 0 Å². The highest BCUT2D eigenvalue weighted by Crippen LogP contribution is 2.28. The second-order valence-electron chi connectivity index (χ2n) is 5.11. The van der Waals surface area contributed by atoms with Crippen LogP contribution in [0.5, 0.6) is 0 Å². The van der Waals surface area contributed by atoms with Crippen LogP contribution < -0.4 is 11.1 Å². The van der Waals surface area contributed by atoms with Crippen LogP contribution in [0.15, 0.2) is 0 Å². The summed E-state index contributed by atoms with van der Waals surface area (Å²) in [6.45, 7) is 8.45. The van der Waals surface area contributed by atoms with E-state index in [-0.39, 0.29) is 5.69 Å². The Morgan fingerprint density at radius 1 is 1.56 bits per heavy atom. The van der Waals surface area contributed by atoms with Crippen LogP contribution in [0, 0.1) is 17.0 Å². The number of hydrogen-bond acceptors (Lipinski definition) is 5. The molecule has 18 heavy (non-hydrogen) atoms. The summed E-state index contributed by atoms with van der Waals surface area (Å²) in [5, 5.41) is 18.3. The lowest BCUT2D eigenvalue weighted by atomic mass is 10.1. The number of aromatic nitrogens is 2. The van der Waals surface area contributed by atoms with Gasteiger partial charge in [-0.05, 0) is 27.2 Å². The highest BCUT2D eigenvalue weighted by Gasteiger charge is 2.26. The zero-order valence-corrected chi connectivity index (χ0v) is 11.4. The SMILES string of the molecule is CCCn1nc(C)c([N+](=O)[O-])c1NCC(C)(C)N. The van der Waals surface area contributed by atoms with Crippen LogP contribution in [0.1, 0.15) is 32.9 Å². The smallest absolute Gasteiger partial charge is 0.333 e. The van der Waals surface area contributed by atoms with E-state index in [9.17, 15) is 10.1 Å². The zero-order chi connectivity index (χ0) is 13.9. The molecule has 0 saturated carbocycles. The Morgan fingerprint density at radius 3 is 2.61 bits per heavy atom. The van der Waals surface area contributed by atoms with Gasteiger partial charge in [-0.2, -0.15) is 5.10 Å². The topological polar surface area (TPSA) is 99.0 Å². The first-order valence-electron chi connectivity index (χ1n) is 6.01. The molecular formula is C11H21N5O2. The molecule has 1 rings (SSSR count). The molecule has 0 aliphatic heterocycles. The third-order valence-electron chi connectivity index (χ3n) is 2.43. The largest absolute Gasteiger partial charge is 0.363 e. The van der Waals surface area contributed by atoms with Gasteiger partial charge >= 0.3 is 5.69 Å². The first-order chi connectivity index (χ1) is 8.26. The van der Waals surface area contributed by atoms with Crippen molar-refractivity contribution in [3.63, 3.8) is 0 Å². The van der Waals surface area contributed by atoms with Crippen LogP contribution >= 0.6 is 0 Å². The van der Waals surface area contributed by atoms with E-state index in [0.29, 0.717) is 24.6 Å². The number of rotatable bonds is 6. The summed E-state index contributed by atoms with van der Waals surface area (Å²) in [5.41, 5.74) is 5.89. The van der Waals surface area contributed by atoms with Gasteiger partial charge in [-0.3, -0.25) is 10.1 Å². The van der Waals surface area contributed by atoms with Gasteiger partial charge in [-0.1, -0.05) is 6.92 Å². The van der Waals surface area contributed by atoms with E-state index in [1.165, 1.54) is 0 Å². The van der Waals surface area contributed by atoms with Crippen molar-refractivity contribution < 1.29 is 4.92 Å². The Balaban J connectivity index is 3.07. The Bertz CT molecular complexity index is 433. The molecule has 102 valence electrons. The Morgan fingerprint density at radius 2 is 2.17 bits per heavy atom. The fraction of sp³-hybridized carbons (Fsp3) is 0.727. The van der Waals surface area contributed by atoms with Gasteiger partial charge < -0.3 is 11.1 Å². The molecule has 0 fully saturated rings. The molecule has 0 atom stereocenters. The maximum atomic E-state index is 11.1. The van der Waals surface area contributed by atoms with Gasteiger partial charge in [0.1, 0.15) is 5.69 Å². The molecule has 0 bridgehead atoms. The minimum absolute atomic E-state index is 0.0349. The predicted octanol–water partition coefficient (Wildman–Crippen LogP) is 1.66. The summed E-state index contributed by atoms with van der Waals surface area (Å²) < 4.78 is 1.64. The van der Waals surface area contributed by atoms with Crippen molar-refractivity contribution in [3.8, 4) is 0 Å². The van der Waals surface area contributed by atoms with Gasteiger partial charge in [-0.15, -0.1) is 0 Å². The van der Waals surface area contributed by atoms with E-state index in [1.807, 2.05) is 20.8 Å². The quantitative estimate of drug-likeness (QED) is 0.595. The first-order valence-corrected chi connectivity index (χ1v) is 6.01. The van der Waals surface area contributed by atoms with Crippen LogP contribution in [0.25, 0.3) is 0 Å². The Hall–Kier alpha value is -1.63. The number of nitrogens with one attached hydrogen (secondary N) is 1. The minimum atomic E-state index is -0.441. The van der Waals surface area contributed by atoms with Crippen molar-refractivity contribution in [1.82, 2.24) is 9.78 Å². The number of anilines is 1. The summed E-state index contributed by atoms with van der Waals surface area (Å²) >= 11 is 0. The van der Waals surface area contributed by atoms with Gasteiger partial charge in [0.15, 0.2) is 0 Å². The molecule has 7 nitrogen and oxygen atoms in total. The summed E-state index contributed by atoms with van der Waals surface area (Å²) in [4.78, 5) is 10.7. The average Bonchev–Trinajstić information content (AvgIpc) is 2.51. The second-order valence-corrected chi connectivity index (χ2v) is 5.11. The third kappa shape index (κ3) is 3.43. The van der Waals surface area contributed by atoms with E-state index < -0.39 is 10.5 Å². The molecule has 0 aromatic carbocycles. The molecule has 0 unspecified atom stereocenters. The summed E-state index contributed by atoms with van der Waals surface area (Å²) in [6.07, 6.45) is 0.860. The van der Waals surface area contributed by atoms with Crippen molar-refractivity contribution in [3.05, 3.63) is 15.8 Å². The monoisotopic (exact) mass is 255 g/mol. The number of nitrogens with zero attached hydrogens (tertiary/aromatic N) is 3. The molecule has 0 radical (unpaired) electrons. The van der Waals surface area contributed by atoms with Crippen LogP contribution in [-0.4, -0.2) is 26.8 Å². The molecule has 1 aromatic heterocycles. The molecule has 0 aliphatic rings. The lowest BCUT2D eigenvalue weighted by Crippen LogP contribution is -2.40. The van der Waals surface area contributed by atoms with Crippen molar-refractivity contribution >= 4 is 11.5 Å². The molecule has 0 spiro atoms. The van der Waals surface area contributed by atoms with Crippen LogP contribution in [0.2, 0.25) is 0 Å². The third-order valence-corrected chi connectivity index (χ3v) is 2.43. The molecule has 0 saturated heterocycles. The van der Waals surface area contributed by atoms with Gasteiger partial charge in [-0.25, -0.2) is 4.68 Å². The Labute approximate surface area is 107 Å². The molecular weight excluding hydrogens is 234 g/mol. The molecule has 1 aromatic rings. The molecule has 0 amide bonds.